The summed E-state index contributed by atoms with van der Waals surface area (Å²) in [4.78, 5) is 5.39. The fourth-order valence-corrected chi connectivity index (χ4v) is 4.08. The van der Waals surface area contributed by atoms with Gasteiger partial charge in [0.15, 0.2) is 0 Å². The van der Waals surface area contributed by atoms with Crippen LogP contribution in [0.2, 0.25) is 0 Å². The normalized spacial score (nSPS) is 11.8. The summed E-state index contributed by atoms with van der Waals surface area (Å²) < 4.78 is 27.6. The highest BCUT2D eigenvalue weighted by Crippen LogP contribution is 2.18. The van der Waals surface area contributed by atoms with Crippen molar-refractivity contribution in [2.75, 3.05) is 7.05 Å². The average molecular weight is 325 g/mol. The zero-order chi connectivity index (χ0) is 15.5. The van der Waals surface area contributed by atoms with Crippen molar-refractivity contribution in [3.05, 3.63) is 45.4 Å². The molecule has 7 heteroatoms. The van der Waals surface area contributed by atoms with Gasteiger partial charge in [-0.15, -0.1) is 11.3 Å². The summed E-state index contributed by atoms with van der Waals surface area (Å²) in [5.74, 6) is 0. The lowest BCUT2D eigenvalue weighted by molar-refractivity contribution is 0.580. The van der Waals surface area contributed by atoms with Crippen LogP contribution in [0.4, 0.5) is 0 Å². The highest BCUT2D eigenvalue weighted by Gasteiger charge is 2.18. The highest BCUT2D eigenvalue weighted by molar-refractivity contribution is 7.89. The third-order valence-electron chi connectivity index (χ3n) is 3.19. The lowest BCUT2D eigenvalue weighted by atomic mass is 10.1. The first-order valence-electron chi connectivity index (χ1n) is 6.57. The molecule has 0 aliphatic heterocycles. The van der Waals surface area contributed by atoms with Crippen LogP contribution in [0.5, 0.6) is 0 Å². The second-order valence-corrected chi connectivity index (χ2v) is 7.49. The Morgan fingerprint density at radius 2 is 2.00 bits per heavy atom. The number of aryl methyl sites for hydroxylation is 2. The van der Waals surface area contributed by atoms with Crippen LogP contribution in [-0.2, 0) is 23.1 Å². The van der Waals surface area contributed by atoms with E-state index in [9.17, 15) is 8.42 Å². The van der Waals surface area contributed by atoms with Gasteiger partial charge in [-0.05, 0) is 38.1 Å². The molecule has 0 aliphatic rings. The Kier molecular flexibility index (Phi) is 5.10. The van der Waals surface area contributed by atoms with E-state index in [-0.39, 0.29) is 6.54 Å². The summed E-state index contributed by atoms with van der Waals surface area (Å²) >= 11 is 1.45. The van der Waals surface area contributed by atoms with Gasteiger partial charge in [-0.3, -0.25) is 0 Å². The van der Waals surface area contributed by atoms with E-state index in [0.717, 1.165) is 21.7 Å². The quantitative estimate of drug-likeness (QED) is 0.852. The Morgan fingerprint density at radius 3 is 2.62 bits per heavy atom. The van der Waals surface area contributed by atoms with E-state index in [4.69, 9.17) is 0 Å². The third kappa shape index (κ3) is 3.88. The molecule has 2 rings (SSSR count). The minimum absolute atomic E-state index is 0.272. The van der Waals surface area contributed by atoms with Gasteiger partial charge in [0.2, 0.25) is 10.0 Å². The van der Waals surface area contributed by atoms with Crippen molar-refractivity contribution in [3.63, 3.8) is 0 Å². The van der Waals surface area contributed by atoms with Crippen LogP contribution >= 0.6 is 11.3 Å². The number of rotatable bonds is 6. The maximum atomic E-state index is 12.5. The predicted octanol–water partition coefficient (Wildman–Crippen LogP) is 1.96. The van der Waals surface area contributed by atoms with Crippen molar-refractivity contribution < 1.29 is 8.42 Å². The summed E-state index contributed by atoms with van der Waals surface area (Å²) in [6.07, 6.45) is 0. The molecule has 0 saturated carbocycles. The first kappa shape index (κ1) is 16.1. The number of benzene rings is 1. The summed E-state index contributed by atoms with van der Waals surface area (Å²) in [6.45, 7) is 4.58. The molecule has 2 aromatic rings. The maximum absolute atomic E-state index is 12.5. The maximum Gasteiger partial charge on any atom is 0.241 e. The first-order chi connectivity index (χ1) is 9.94. The SMILES string of the molecule is CNCc1ccc(C)c(S(=O)(=O)NCc2scnc2C)c1. The van der Waals surface area contributed by atoms with Gasteiger partial charge < -0.3 is 5.32 Å². The van der Waals surface area contributed by atoms with E-state index in [1.165, 1.54) is 11.3 Å². The molecule has 0 radical (unpaired) electrons. The Balaban J connectivity index is 2.22. The minimum atomic E-state index is -3.52. The fourth-order valence-electron chi connectivity index (χ4n) is 1.98. The molecule has 21 heavy (non-hydrogen) atoms. The monoisotopic (exact) mass is 325 g/mol. The average Bonchev–Trinajstić information content (AvgIpc) is 2.84. The largest absolute Gasteiger partial charge is 0.316 e. The summed E-state index contributed by atoms with van der Waals surface area (Å²) in [6, 6.07) is 5.48. The smallest absolute Gasteiger partial charge is 0.241 e. The molecule has 114 valence electrons. The van der Waals surface area contributed by atoms with Crippen LogP contribution < -0.4 is 10.0 Å². The van der Waals surface area contributed by atoms with E-state index in [1.807, 2.05) is 26.1 Å². The molecule has 1 aromatic heterocycles. The molecule has 2 N–H and O–H groups in total. The van der Waals surface area contributed by atoms with Crippen LogP contribution in [0, 0.1) is 13.8 Å². The standard InChI is InChI=1S/C14H19N3O2S2/c1-10-4-5-12(7-15-3)6-14(10)21(18,19)17-8-13-11(2)16-9-20-13/h4-6,9,15,17H,7-8H2,1-3H3. The van der Waals surface area contributed by atoms with Crippen LogP contribution in [0.1, 0.15) is 21.7 Å². The highest BCUT2D eigenvalue weighted by atomic mass is 32.2. The molecule has 0 fully saturated rings. The number of nitrogens with zero attached hydrogens (tertiary/aromatic N) is 1. The zero-order valence-corrected chi connectivity index (χ0v) is 13.9. The lowest BCUT2D eigenvalue weighted by Crippen LogP contribution is -2.24. The van der Waals surface area contributed by atoms with Crippen molar-refractivity contribution >= 4 is 21.4 Å². The van der Waals surface area contributed by atoms with Gasteiger partial charge in [-0.1, -0.05) is 12.1 Å². The molecule has 0 unspecified atom stereocenters. The third-order valence-corrected chi connectivity index (χ3v) is 5.67. The van der Waals surface area contributed by atoms with E-state index < -0.39 is 10.0 Å². The van der Waals surface area contributed by atoms with Gasteiger partial charge in [-0.2, -0.15) is 0 Å². The Labute approximate surface area is 129 Å². The van der Waals surface area contributed by atoms with E-state index in [2.05, 4.69) is 15.0 Å². The van der Waals surface area contributed by atoms with Gasteiger partial charge >= 0.3 is 0 Å². The molecule has 5 nitrogen and oxygen atoms in total. The molecule has 0 amide bonds. The number of aromatic nitrogens is 1. The fraction of sp³-hybridized carbons (Fsp3) is 0.357. The number of hydrogen-bond donors (Lipinski definition) is 2. The van der Waals surface area contributed by atoms with Gasteiger partial charge in [0.05, 0.1) is 16.1 Å². The van der Waals surface area contributed by atoms with E-state index >= 15 is 0 Å². The van der Waals surface area contributed by atoms with Crippen LogP contribution in [0.25, 0.3) is 0 Å². The van der Waals surface area contributed by atoms with Gasteiger partial charge in [-0.25, -0.2) is 18.1 Å². The number of thiazole rings is 1. The summed E-state index contributed by atoms with van der Waals surface area (Å²) in [5.41, 5.74) is 4.27. The van der Waals surface area contributed by atoms with E-state index in [1.54, 1.807) is 18.5 Å². The predicted molar refractivity (Wildman–Crippen MR) is 84.8 cm³/mol. The second-order valence-electron chi connectivity index (χ2n) is 4.82. The van der Waals surface area contributed by atoms with Crippen LogP contribution in [0.15, 0.2) is 28.6 Å². The van der Waals surface area contributed by atoms with Gasteiger partial charge in [0.1, 0.15) is 0 Å². The number of sulfonamides is 1. The van der Waals surface area contributed by atoms with Crippen molar-refractivity contribution in [2.45, 2.75) is 31.8 Å². The molecule has 0 aliphatic carbocycles. The molecule has 1 aromatic carbocycles. The molecular formula is C14H19N3O2S2. The van der Waals surface area contributed by atoms with Crippen molar-refractivity contribution in [3.8, 4) is 0 Å². The number of nitrogens with one attached hydrogen (secondary N) is 2. The molecule has 0 atom stereocenters. The van der Waals surface area contributed by atoms with Gasteiger partial charge in [0.25, 0.3) is 0 Å². The molecule has 0 spiro atoms. The Bertz CT molecular complexity index is 724. The van der Waals surface area contributed by atoms with Crippen LogP contribution in [-0.4, -0.2) is 20.4 Å². The first-order valence-corrected chi connectivity index (χ1v) is 8.93. The summed E-state index contributed by atoms with van der Waals surface area (Å²) in [7, 11) is -1.69. The zero-order valence-electron chi connectivity index (χ0n) is 12.3. The second kappa shape index (κ2) is 6.65. The van der Waals surface area contributed by atoms with Crippen LogP contribution in [0.3, 0.4) is 0 Å². The van der Waals surface area contributed by atoms with Gasteiger partial charge in [0, 0.05) is 18.0 Å². The Morgan fingerprint density at radius 1 is 1.24 bits per heavy atom. The molecule has 0 saturated heterocycles. The van der Waals surface area contributed by atoms with Crippen molar-refractivity contribution in [2.24, 2.45) is 0 Å². The minimum Gasteiger partial charge on any atom is -0.316 e. The molecule has 1 heterocycles. The molecule has 0 bridgehead atoms. The van der Waals surface area contributed by atoms with E-state index in [0.29, 0.717) is 11.4 Å². The van der Waals surface area contributed by atoms with Crippen molar-refractivity contribution in [1.29, 1.82) is 0 Å². The topological polar surface area (TPSA) is 71.1 Å². The Hall–Kier alpha value is -1.28. The molecular weight excluding hydrogens is 306 g/mol. The number of hydrogen-bond acceptors (Lipinski definition) is 5. The lowest BCUT2D eigenvalue weighted by Gasteiger charge is -2.11. The van der Waals surface area contributed by atoms with Crippen molar-refractivity contribution in [1.82, 2.24) is 15.0 Å². The summed E-state index contributed by atoms with van der Waals surface area (Å²) in [5, 5.41) is 3.02.